The third-order valence-electron chi connectivity index (χ3n) is 5.59. The van der Waals surface area contributed by atoms with Crippen LogP contribution in [0.15, 0.2) is 30.7 Å². The van der Waals surface area contributed by atoms with Gasteiger partial charge in [-0.05, 0) is 13.0 Å². The van der Waals surface area contributed by atoms with Crippen LogP contribution in [0.3, 0.4) is 0 Å². The topological polar surface area (TPSA) is 113 Å². The van der Waals surface area contributed by atoms with Gasteiger partial charge in [-0.25, -0.2) is 26.6 Å². The van der Waals surface area contributed by atoms with Crippen LogP contribution >= 0.6 is 0 Å². The van der Waals surface area contributed by atoms with Gasteiger partial charge in [0.1, 0.15) is 11.4 Å². The Hall–Kier alpha value is -3.59. The van der Waals surface area contributed by atoms with Crippen LogP contribution in [-0.4, -0.2) is 63.1 Å². The maximum atomic E-state index is 15.6. The van der Waals surface area contributed by atoms with E-state index in [0.29, 0.717) is 12.1 Å². The number of hydrogen-bond acceptors (Lipinski definition) is 5. The lowest BCUT2D eigenvalue weighted by molar-refractivity contribution is 0.101. The van der Waals surface area contributed by atoms with Crippen LogP contribution in [-0.2, 0) is 27.8 Å². The third kappa shape index (κ3) is 5.88. The number of rotatable bonds is 8. The van der Waals surface area contributed by atoms with Gasteiger partial charge >= 0.3 is 6.09 Å². The summed E-state index contributed by atoms with van der Waals surface area (Å²) in [6.45, 7) is 1.67. The van der Waals surface area contributed by atoms with Gasteiger partial charge in [0.15, 0.2) is 23.3 Å². The lowest BCUT2D eigenvalue weighted by atomic mass is 10.0. The molecule has 1 aromatic heterocycles. The standard InChI is InChI=1S/C22H24F4N4O6S/c1-4-36-22(32)29-9-12(5-6-35-3)16(11-29)30(37(33)34)17-10-28(2)20(19(17)26)21(31)27-13-7-14(23)18(25)15(24)8-13/h5-8,10,12,16H,4,9,11H2,1-3H3,(H,27,31)(H,33,34). The summed E-state index contributed by atoms with van der Waals surface area (Å²) in [5.41, 5.74) is -1.56. The van der Waals surface area contributed by atoms with Crippen molar-refractivity contribution in [1.29, 1.82) is 0 Å². The van der Waals surface area contributed by atoms with E-state index >= 15 is 4.39 Å². The molecule has 0 radical (unpaired) electrons. The molecule has 0 aliphatic carbocycles. The summed E-state index contributed by atoms with van der Waals surface area (Å²) >= 11 is -2.81. The van der Waals surface area contributed by atoms with Crippen LogP contribution in [0.25, 0.3) is 0 Å². The number of methoxy groups -OCH3 is 1. The molecule has 2 N–H and O–H groups in total. The van der Waals surface area contributed by atoms with Crippen molar-refractivity contribution in [3.05, 3.63) is 59.6 Å². The van der Waals surface area contributed by atoms with Gasteiger partial charge in [0.2, 0.25) is 0 Å². The van der Waals surface area contributed by atoms with Crippen molar-refractivity contribution in [2.45, 2.75) is 13.0 Å². The molecule has 1 aromatic carbocycles. The number of hydrogen-bond donors (Lipinski definition) is 2. The lowest BCUT2D eigenvalue weighted by Gasteiger charge is -2.28. The smallest absolute Gasteiger partial charge is 0.409 e. The summed E-state index contributed by atoms with van der Waals surface area (Å²) < 4.78 is 90.0. The van der Waals surface area contributed by atoms with Crippen molar-refractivity contribution in [2.24, 2.45) is 13.0 Å². The summed E-state index contributed by atoms with van der Waals surface area (Å²) in [6.07, 6.45) is 3.26. The molecule has 202 valence electrons. The van der Waals surface area contributed by atoms with Crippen molar-refractivity contribution < 1.29 is 45.4 Å². The van der Waals surface area contributed by atoms with Gasteiger partial charge in [0.05, 0.1) is 26.0 Å². The Morgan fingerprint density at radius 3 is 2.43 bits per heavy atom. The van der Waals surface area contributed by atoms with Crippen LogP contribution < -0.4 is 9.62 Å². The molecule has 2 heterocycles. The Morgan fingerprint density at radius 2 is 1.86 bits per heavy atom. The minimum atomic E-state index is -2.81. The number of carbonyl (C=O) groups excluding carboxylic acids is 2. The van der Waals surface area contributed by atoms with Gasteiger partial charge in [-0.3, -0.25) is 13.7 Å². The number of aromatic nitrogens is 1. The molecule has 0 bridgehead atoms. The van der Waals surface area contributed by atoms with Gasteiger partial charge in [0.25, 0.3) is 17.2 Å². The fourth-order valence-corrected chi connectivity index (χ4v) is 4.73. The van der Waals surface area contributed by atoms with E-state index in [-0.39, 0.29) is 19.7 Å². The van der Waals surface area contributed by atoms with Crippen LogP contribution in [0.1, 0.15) is 17.4 Å². The fraction of sp³-hybridized carbons (Fsp3) is 0.364. The number of nitrogens with one attached hydrogen (secondary N) is 1. The molecular formula is C22H24F4N4O6S. The maximum Gasteiger partial charge on any atom is 0.409 e. The van der Waals surface area contributed by atoms with Crippen LogP contribution in [0.4, 0.5) is 33.7 Å². The summed E-state index contributed by atoms with van der Waals surface area (Å²) in [7, 11) is 2.65. The van der Waals surface area contributed by atoms with Crippen LogP contribution in [0.2, 0.25) is 0 Å². The number of ether oxygens (including phenoxy) is 2. The first-order chi connectivity index (χ1) is 17.5. The zero-order chi connectivity index (χ0) is 27.4. The Morgan fingerprint density at radius 1 is 1.22 bits per heavy atom. The zero-order valence-corrected chi connectivity index (χ0v) is 20.7. The van der Waals surface area contributed by atoms with E-state index in [1.165, 1.54) is 31.4 Å². The average Bonchev–Trinajstić information content (AvgIpc) is 3.36. The predicted octanol–water partition coefficient (Wildman–Crippen LogP) is 3.39. The molecule has 0 spiro atoms. The van der Waals surface area contributed by atoms with E-state index in [1.807, 2.05) is 0 Å². The quantitative estimate of drug-likeness (QED) is 0.226. The largest absolute Gasteiger partial charge is 0.505 e. The molecule has 37 heavy (non-hydrogen) atoms. The molecule has 1 fully saturated rings. The fourth-order valence-electron chi connectivity index (χ4n) is 3.98. The molecule has 1 saturated heterocycles. The number of nitrogens with zero attached hydrogens (tertiary/aromatic N) is 3. The Bertz CT molecular complexity index is 1220. The highest BCUT2D eigenvalue weighted by atomic mass is 32.2. The van der Waals surface area contributed by atoms with E-state index in [2.05, 4.69) is 5.32 Å². The first-order valence-electron chi connectivity index (χ1n) is 10.8. The van der Waals surface area contributed by atoms with Crippen molar-refractivity contribution in [3.8, 4) is 0 Å². The van der Waals surface area contributed by atoms with Crippen LogP contribution in [0.5, 0.6) is 0 Å². The third-order valence-corrected chi connectivity index (χ3v) is 6.39. The lowest BCUT2D eigenvalue weighted by Crippen LogP contribution is -2.42. The highest BCUT2D eigenvalue weighted by Crippen LogP contribution is 2.33. The number of aryl methyl sites for hydroxylation is 1. The van der Waals surface area contributed by atoms with E-state index in [9.17, 15) is 31.5 Å². The van der Waals surface area contributed by atoms with Gasteiger partial charge in [-0.15, -0.1) is 0 Å². The predicted molar refractivity (Wildman–Crippen MR) is 125 cm³/mol. The summed E-state index contributed by atoms with van der Waals surface area (Å²) in [6, 6.07) is 0.0971. The van der Waals surface area contributed by atoms with E-state index < -0.39 is 75.6 Å². The molecule has 10 nitrogen and oxygen atoms in total. The Labute approximate surface area is 211 Å². The number of halogens is 4. The number of likely N-dealkylation sites (tertiary alicyclic amines) is 1. The van der Waals surface area contributed by atoms with Crippen molar-refractivity contribution >= 4 is 34.6 Å². The molecule has 3 atom stereocenters. The van der Waals surface area contributed by atoms with Crippen molar-refractivity contribution in [3.63, 3.8) is 0 Å². The first-order valence-corrected chi connectivity index (χ1v) is 11.9. The minimum absolute atomic E-state index is 0.0700. The van der Waals surface area contributed by atoms with E-state index in [1.54, 1.807) is 6.92 Å². The number of carbonyl (C=O) groups is 2. The molecule has 3 rings (SSSR count). The minimum Gasteiger partial charge on any atom is -0.505 e. The highest BCUT2D eigenvalue weighted by molar-refractivity contribution is 7.80. The Balaban J connectivity index is 1.97. The monoisotopic (exact) mass is 548 g/mol. The second kappa shape index (κ2) is 11.6. The molecule has 2 amide bonds. The molecule has 15 heteroatoms. The maximum absolute atomic E-state index is 15.6. The summed E-state index contributed by atoms with van der Waals surface area (Å²) in [4.78, 5) is 26.3. The van der Waals surface area contributed by atoms with E-state index in [4.69, 9.17) is 9.47 Å². The second-order valence-electron chi connectivity index (χ2n) is 7.95. The molecule has 0 saturated carbocycles. The van der Waals surface area contributed by atoms with Gasteiger partial charge in [-0.2, -0.15) is 0 Å². The number of benzene rings is 1. The van der Waals surface area contributed by atoms with Gasteiger partial charge < -0.3 is 24.3 Å². The normalized spacial score (nSPS) is 18.2. The SMILES string of the molecule is CCOC(=O)N1CC(C=COC)C(N(c2cn(C)c(C(=O)Nc3cc(F)c(F)c(F)c3)c2F)S(=O)O)C1. The second-order valence-corrected chi connectivity index (χ2v) is 8.81. The van der Waals surface area contributed by atoms with Gasteiger partial charge in [0, 0.05) is 50.1 Å². The van der Waals surface area contributed by atoms with Gasteiger partial charge in [-0.1, -0.05) is 0 Å². The number of amides is 2. The van der Waals surface area contributed by atoms with Crippen LogP contribution in [0, 0.1) is 29.2 Å². The summed E-state index contributed by atoms with van der Waals surface area (Å²) in [5, 5.41) is 2.07. The van der Waals surface area contributed by atoms with Crippen molar-refractivity contribution in [1.82, 2.24) is 9.47 Å². The first kappa shape index (κ1) is 28.0. The molecule has 3 unspecified atom stereocenters. The summed E-state index contributed by atoms with van der Waals surface area (Å²) in [5.74, 6) is -7.83. The average molecular weight is 549 g/mol. The molecule has 2 aromatic rings. The molecule has 1 aliphatic rings. The molecule has 1 aliphatic heterocycles. The highest BCUT2D eigenvalue weighted by Gasteiger charge is 2.42. The molecular weight excluding hydrogens is 524 g/mol. The Kier molecular flexibility index (Phi) is 8.81. The van der Waals surface area contributed by atoms with Crippen molar-refractivity contribution in [2.75, 3.05) is 36.4 Å². The number of anilines is 2. The van der Waals surface area contributed by atoms with E-state index in [0.717, 1.165) is 15.1 Å². The zero-order valence-electron chi connectivity index (χ0n) is 19.9.